The number of hydrogen-bond donors (Lipinski definition) is 3. The second-order valence-corrected chi connectivity index (χ2v) is 6.58. The molecule has 0 saturated carbocycles. The van der Waals surface area contributed by atoms with Crippen LogP contribution in [0.3, 0.4) is 0 Å². The highest BCUT2D eigenvalue weighted by Gasteiger charge is 2.18. The van der Waals surface area contributed by atoms with Gasteiger partial charge in [0.1, 0.15) is 0 Å². The molecule has 0 fully saturated rings. The van der Waals surface area contributed by atoms with Crippen LogP contribution in [0.1, 0.15) is 50.5 Å². The molecule has 0 aliphatic rings. The van der Waals surface area contributed by atoms with E-state index in [2.05, 4.69) is 31.4 Å². The maximum atomic E-state index is 12.4. The third-order valence-electron chi connectivity index (χ3n) is 4.46. The smallest absolute Gasteiger partial charge is 0.251 e. The first-order valence-electron chi connectivity index (χ1n) is 8.05. The lowest BCUT2D eigenvalue weighted by Crippen LogP contribution is -2.38. The van der Waals surface area contributed by atoms with Crippen molar-refractivity contribution in [1.82, 2.24) is 5.32 Å². The van der Waals surface area contributed by atoms with Crippen LogP contribution < -0.4 is 10.6 Å². The standard InChI is InChI=1S/C18H30N2O2/c1-11(2)14(5)19-17-9-7-8-16(13(17)4)18(22)20-15(6)12(3)10-21/h7-9,11-12,14-15,19,21H,10H2,1-6H3,(H,20,22). The summed E-state index contributed by atoms with van der Waals surface area (Å²) in [6.07, 6.45) is 0. The molecule has 3 unspecified atom stereocenters. The quantitative estimate of drug-likeness (QED) is 0.725. The third kappa shape index (κ3) is 4.73. The molecule has 124 valence electrons. The van der Waals surface area contributed by atoms with E-state index >= 15 is 0 Å². The molecule has 0 saturated heterocycles. The lowest BCUT2D eigenvalue weighted by molar-refractivity contribution is 0.0915. The van der Waals surface area contributed by atoms with Gasteiger partial charge in [0, 0.05) is 29.9 Å². The van der Waals surface area contributed by atoms with Gasteiger partial charge in [0.15, 0.2) is 0 Å². The van der Waals surface area contributed by atoms with Crippen LogP contribution in [0.4, 0.5) is 5.69 Å². The number of hydrogen-bond acceptors (Lipinski definition) is 3. The maximum Gasteiger partial charge on any atom is 0.251 e. The van der Waals surface area contributed by atoms with Crippen LogP contribution in [0.2, 0.25) is 0 Å². The molecule has 4 nitrogen and oxygen atoms in total. The first-order valence-corrected chi connectivity index (χ1v) is 8.05. The molecule has 0 bridgehead atoms. The molecule has 1 aromatic carbocycles. The Morgan fingerprint density at radius 3 is 2.32 bits per heavy atom. The summed E-state index contributed by atoms with van der Waals surface area (Å²) in [7, 11) is 0. The van der Waals surface area contributed by atoms with Gasteiger partial charge in [-0.1, -0.05) is 26.8 Å². The number of benzene rings is 1. The Bertz CT molecular complexity index is 500. The van der Waals surface area contributed by atoms with Gasteiger partial charge >= 0.3 is 0 Å². The van der Waals surface area contributed by atoms with E-state index in [1.54, 1.807) is 0 Å². The lowest BCUT2D eigenvalue weighted by Gasteiger charge is -2.23. The van der Waals surface area contributed by atoms with Crippen molar-refractivity contribution >= 4 is 11.6 Å². The monoisotopic (exact) mass is 306 g/mol. The van der Waals surface area contributed by atoms with Crippen molar-refractivity contribution in [3.05, 3.63) is 29.3 Å². The Balaban J connectivity index is 2.90. The number of anilines is 1. The van der Waals surface area contributed by atoms with Crippen molar-refractivity contribution in [1.29, 1.82) is 0 Å². The highest BCUT2D eigenvalue weighted by Crippen LogP contribution is 2.21. The van der Waals surface area contributed by atoms with Gasteiger partial charge in [-0.05, 0) is 50.3 Å². The molecule has 1 rings (SSSR count). The molecule has 22 heavy (non-hydrogen) atoms. The minimum absolute atomic E-state index is 0.0338. The van der Waals surface area contributed by atoms with E-state index in [4.69, 9.17) is 0 Å². The Hall–Kier alpha value is -1.55. The van der Waals surface area contributed by atoms with Crippen LogP contribution in [0.25, 0.3) is 0 Å². The summed E-state index contributed by atoms with van der Waals surface area (Å²) in [6, 6.07) is 6.02. The summed E-state index contributed by atoms with van der Waals surface area (Å²) in [6.45, 7) is 12.3. The summed E-state index contributed by atoms with van der Waals surface area (Å²) in [5, 5.41) is 15.6. The largest absolute Gasteiger partial charge is 0.396 e. The average Bonchev–Trinajstić information content (AvgIpc) is 2.47. The minimum atomic E-state index is -0.0915. The molecule has 3 N–H and O–H groups in total. The highest BCUT2D eigenvalue weighted by molar-refractivity contribution is 5.97. The molecule has 0 aliphatic heterocycles. The SMILES string of the molecule is Cc1c(NC(C)C(C)C)cccc1C(=O)NC(C)C(C)CO. The van der Waals surface area contributed by atoms with E-state index in [0.717, 1.165) is 11.3 Å². The second kappa shape index (κ2) is 8.18. The van der Waals surface area contributed by atoms with Gasteiger partial charge in [0.05, 0.1) is 0 Å². The fraction of sp³-hybridized carbons (Fsp3) is 0.611. The van der Waals surface area contributed by atoms with E-state index in [-0.39, 0.29) is 24.5 Å². The average molecular weight is 306 g/mol. The zero-order valence-corrected chi connectivity index (χ0v) is 14.6. The van der Waals surface area contributed by atoms with Gasteiger partial charge in [0.2, 0.25) is 0 Å². The number of carbonyl (C=O) groups is 1. The van der Waals surface area contributed by atoms with Crippen molar-refractivity contribution in [2.45, 2.75) is 53.6 Å². The van der Waals surface area contributed by atoms with E-state index in [1.807, 2.05) is 39.0 Å². The Morgan fingerprint density at radius 1 is 1.14 bits per heavy atom. The van der Waals surface area contributed by atoms with Gasteiger partial charge in [0.25, 0.3) is 5.91 Å². The Labute approximate surface area is 134 Å². The first kappa shape index (κ1) is 18.5. The number of rotatable bonds is 7. The van der Waals surface area contributed by atoms with Crippen LogP contribution in [0.15, 0.2) is 18.2 Å². The van der Waals surface area contributed by atoms with Crippen molar-refractivity contribution in [2.75, 3.05) is 11.9 Å². The molecule has 3 atom stereocenters. The Morgan fingerprint density at radius 2 is 1.77 bits per heavy atom. The highest BCUT2D eigenvalue weighted by atomic mass is 16.3. The maximum absolute atomic E-state index is 12.4. The van der Waals surface area contributed by atoms with E-state index in [1.165, 1.54) is 0 Å². The van der Waals surface area contributed by atoms with Gasteiger partial charge in [-0.2, -0.15) is 0 Å². The molecule has 0 radical (unpaired) electrons. The van der Waals surface area contributed by atoms with Crippen molar-refractivity contribution in [3.8, 4) is 0 Å². The van der Waals surface area contributed by atoms with Crippen LogP contribution in [0.5, 0.6) is 0 Å². The van der Waals surface area contributed by atoms with E-state index < -0.39 is 0 Å². The molecule has 0 aromatic heterocycles. The molecule has 1 amide bonds. The molecule has 1 aromatic rings. The minimum Gasteiger partial charge on any atom is -0.396 e. The van der Waals surface area contributed by atoms with Crippen molar-refractivity contribution < 1.29 is 9.90 Å². The van der Waals surface area contributed by atoms with E-state index in [9.17, 15) is 9.90 Å². The summed E-state index contributed by atoms with van der Waals surface area (Å²) >= 11 is 0. The summed E-state index contributed by atoms with van der Waals surface area (Å²) in [4.78, 5) is 12.4. The number of amides is 1. The summed E-state index contributed by atoms with van der Waals surface area (Å²) < 4.78 is 0. The summed E-state index contributed by atoms with van der Waals surface area (Å²) in [5.74, 6) is 0.458. The molecular formula is C18H30N2O2. The van der Waals surface area contributed by atoms with Crippen LogP contribution in [-0.4, -0.2) is 29.7 Å². The van der Waals surface area contributed by atoms with Crippen molar-refractivity contribution in [2.24, 2.45) is 11.8 Å². The molecule has 4 heteroatoms. The normalized spacial score (nSPS) is 15.3. The fourth-order valence-electron chi connectivity index (χ4n) is 2.03. The first-order chi connectivity index (χ1) is 10.3. The molecule has 0 spiro atoms. The van der Waals surface area contributed by atoms with Gasteiger partial charge < -0.3 is 15.7 Å². The zero-order chi connectivity index (χ0) is 16.9. The van der Waals surface area contributed by atoms with Crippen LogP contribution >= 0.6 is 0 Å². The fourth-order valence-corrected chi connectivity index (χ4v) is 2.03. The molecule has 0 aliphatic carbocycles. The number of carbonyl (C=O) groups excluding carboxylic acids is 1. The predicted molar refractivity (Wildman–Crippen MR) is 92.3 cm³/mol. The van der Waals surface area contributed by atoms with Crippen molar-refractivity contribution in [3.63, 3.8) is 0 Å². The van der Waals surface area contributed by atoms with Crippen LogP contribution in [-0.2, 0) is 0 Å². The lowest BCUT2D eigenvalue weighted by atomic mass is 10.0. The van der Waals surface area contributed by atoms with Gasteiger partial charge in [-0.15, -0.1) is 0 Å². The molecule has 0 heterocycles. The predicted octanol–water partition coefficient (Wildman–Crippen LogP) is 3.20. The van der Waals surface area contributed by atoms with Crippen LogP contribution in [0, 0.1) is 18.8 Å². The third-order valence-corrected chi connectivity index (χ3v) is 4.46. The second-order valence-electron chi connectivity index (χ2n) is 6.58. The molecular weight excluding hydrogens is 276 g/mol. The topological polar surface area (TPSA) is 61.4 Å². The number of nitrogens with one attached hydrogen (secondary N) is 2. The van der Waals surface area contributed by atoms with Gasteiger partial charge in [-0.25, -0.2) is 0 Å². The Kier molecular flexibility index (Phi) is 6.88. The van der Waals surface area contributed by atoms with Gasteiger partial charge in [-0.3, -0.25) is 4.79 Å². The number of aliphatic hydroxyl groups excluding tert-OH is 1. The number of aliphatic hydroxyl groups is 1. The zero-order valence-electron chi connectivity index (χ0n) is 14.6. The van der Waals surface area contributed by atoms with E-state index in [0.29, 0.717) is 17.5 Å². The summed E-state index contributed by atoms with van der Waals surface area (Å²) in [5.41, 5.74) is 2.63.